The van der Waals surface area contributed by atoms with E-state index in [2.05, 4.69) is 6.92 Å². The molecular formula is C11H12O3. The number of rotatable bonds is 2. The second-order valence-electron chi connectivity index (χ2n) is 3.62. The van der Waals surface area contributed by atoms with Gasteiger partial charge in [-0.2, -0.15) is 0 Å². The number of aliphatic carboxylic acids is 1. The molecule has 1 aliphatic rings. The lowest BCUT2D eigenvalue weighted by Gasteiger charge is -2.05. The fourth-order valence-electron chi connectivity index (χ4n) is 1.77. The van der Waals surface area contributed by atoms with Gasteiger partial charge in [0.05, 0.1) is 13.0 Å². The van der Waals surface area contributed by atoms with Gasteiger partial charge in [-0.1, -0.05) is 25.1 Å². The maximum atomic E-state index is 10.6. The third-order valence-electron chi connectivity index (χ3n) is 2.48. The van der Waals surface area contributed by atoms with Crippen molar-refractivity contribution < 1.29 is 14.6 Å². The van der Waals surface area contributed by atoms with Gasteiger partial charge in [-0.15, -0.1) is 0 Å². The third kappa shape index (κ3) is 1.45. The molecule has 0 spiro atoms. The van der Waals surface area contributed by atoms with E-state index >= 15 is 0 Å². The normalized spacial score (nSPS) is 18.8. The molecule has 0 aliphatic carbocycles. The summed E-state index contributed by atoms with van der Waals surface area (Å²) in [6, 6.07) is 5.70. The summed E-state index contributed by atoms with van der Waals surface area (Å²) in [6.07, 6.45) is 0.0376. The molecule has 1 aromatic rings. The molecule has 0 saturated carbocycles. The Kier molecular flexibility index (Phi) is 2.15. The van der Waals surface area contributed by atoms with Crippen molar-refractivity contribution in [1.29, 1.82) is 0 Å². The topological polar surface area (TPSA) is 46.5 Å². The first-order chi connectivity index (χ1) is 6.68. The maximum Gasteiger partial charge on any atom is 0.307 e. The molecule has 1 aliphatic heterocycles. The van der Waals surface area contributed by atoms with Crippen LogP contribution in [0.5, 0.6) is 5.75 Å². The van der Waals surface area contributed by atoms with Crippen LogP contribution in [-0.4, -0.2) is 17.7 Å². The molecule has 3 heteroatoms. The van der Waals surface area contributed by atoms with Crippen molar-refractivity contribution in [2.24, 2.45) is 0 Å². The highest BCUT2D eigenvalue weighted by Crippen LogP contribution is 2.36. The number of carboxylic acids is 1. The standard InChI is InChI=1S/C11H12O3/c1-7-6-14-11-8(5-10(12)13)3-2-4-9(7)11/h2-4,7H,5-6H2,1H3,(H,12,13). The SMILES string of the molecule is CC1COc2c(CC(=O)O)cccc21. The van der Waals surface area contributed by atoms with E-state index in [4.69, 9.17) is 9.84 Å². The summed E-state index contributed by atoms with van der Waals surface area (Å²) >= 11 is 0. The Hall–Kier alpha value is -1.51. The molecule has 0 radical (unpaired) electrons. The van der Waals surface area contributed by atoms with Crippen molar-refractivity contribution in [2.45, 2.75) is 19.3 Å². The number of para-hydroxylation sites is 1. The summed E-state index contributed by atoms with van der Waals surface area (Å²) < 4.78 is 5.48. The van der Waals surface area contributed by atoms with E-state index < -0.39 is 5.97 Å². The fourth-order valence-corrected chi connectivity index (χ4v) is 1.77. The lowest BCUT2D eigenvalue weighted by Crippen LogP contribution is -2.01. The molecule has 1 N–H and O–H groups in total. The summed E-state index contributed by atoms with van der Waals surface area (Å²) in [7, 11) is 0. The minimum Gasteiger partial charge on any atom is -0.492 e. The molecule has 0 fully saturated rings. The number of ether oxygens (including phenoxy) is 1. The maximum absolute atomic E-state index is 10.6. The summed E-state index contributed by atoms with van der Waals surface area (Å²) in [6.45, 7) is 2.74. The number of fused-ring (bicyclic) bond motifs is 1. The minimum absolute atomic E-state index is 0.0376. The Morgan fingerprint density at radius 1 is 1.64 bits per heavy atom. The van der Waals surface area contributed by atoms with Crippen LogP contribution in [0.2, 0.25) is 0 Å². The zero-order chi connectivity index (χ0) is 10.1. The van der Waals surface area contributed by atoms with Gasteiger partial charge in [0.25, 0.3) is 0 Å². The summed E-state index contributed by atoms with van der Waals surface area (Å²) in [5.41, 5.74) is 1.91. The molecule has 1 aromatic carbocycles. The molecule has 1 unspecified atom stereocenters. The quantitative estimate of drug-likeness (QED) is 0.777. The monoisotopic (exact) mass is 192 g/mol. The number of carbonyl (C=O) groups is 1. The molecule has 0 saturated heterocycles. The van der Waals surface area contributed by atoms with E-state index in [9.17, 15) is 4.79 Å². The van der Waals surface area contributed by atoms with E-state index in [1.807, 2.05) is 18.2 Å². The molecule has 1 heterocycles. The van der Waals surface area contributed by atoms with Gasteiger partial charge in [-0.25, -0.2) is 0 Å². The van der Waals surface area contributed by atoms with E-state index in [-0.39, 0.29) is 6.42 Å². The minimum atomic E-state index is -0.818. The first-order valence-corrected chi connectivity index (χ1v) is 4.65. The average Bonchev–Trinajstić information content (AvgIpc) is 2.49. The lowest BCUT2D eigenvalue weighted by molar-refractivity contribution is -0.136. The number of hydrogen-bond donors (Lipinski definition) is 1. The first kappa shape index (κ1) is 9.06. The Labute approximate surface area is 82.3 Å². The Morgan fingerprint density at radius 2 is 2.43 bits per heavy atom. The first-order valence-electron chi connectivity index (χ1n) is 4.65. The Morgan fingerprint density at radius 3 is 3.14 bits per heavy atom. The second kappa shape index (κ2) is 3.33. The van der Waals surface area contributed by atoms with Crippen molar-refractivity contribution in [3.05, 3.63) is 29.3 Å². The van der Waals surface area contributed by atoms with E-state index in [1.165, 1.54) is 0 Å². The predicted molar refractivity (Wildman–Crippen MR) is 51.7 cm³/mol. The molecule has 0 aromatic heterocycles. The van der Waals surface area contributed by atoms with Gasteiger partial charge in [0, 0.05) is 17.0 Å². The van der Waals surface area contributed by atoms with Crippen LogP contribution in [0.4, 0.5) is 0 Å². The van der Waals surface area contributed by atoms with Crippen molar-refractivity contribution in [2.75, 3.05) is 6.61 Å². The van der Waals surface area contributed by atoms with Crippen molar-refractivity contribution in [3.8, 4) is 5.75 Å². The van der Waals surface area contributed by atoms with Crippen LogP contribution in [0.15, 0.2) is 18.2 Å². The van der Waals surface area contributed by atoms with Gasteiger partial charge in [-0.05, 0) is 0 Å². The third-order valence-corrected chi connectivity index (χ3v) is 2.48. The van der Waals surface area contributed by atoms with E-state index in [0.29, 0.717) is 12.5 Å². The highest BCUT2D eigenvalue weighted by Gasteiger charge is 2.23. The van der Waals surface area contributed by atoms with Crippen LogP contribution in [0.1, 0.15) is 24.0 Å². The smallest absolute Gasteiger partial charge is 0.307 e. The van der Waals surface area contributed by atoms with Crippen LogP contribution in [-0.2, 0) is 11.2 Å². The van der Waals surface area contributed by atoms with Crippen LogP contribution >= 0.6 is 0 Å². The summed E-state index contributed by atoms with van der Waals surface area (Å²) in [5, 5.41) is 8.71. The summed E-state index contributed by atoms with van der Waals surface area (Å²) in [5.74, 6) is 0.336. The van der Waals surface area contributed by atoms with Gasteiger partial charge in [0.1, 0.15) is 5.75 Å². The van der Waals surface area contributed by atoms with Crippen LogP contribution in [0, 0.1) is 0 Å². The number of hydrogen-bond acceptors (Lipinski definition) is 2. The van der Waals surface area contributed by atoms with Crippen LogP contribution in [0.3, 0.4) is 0 Å². The van der Waals surface area contributed by atoms with Crippen molar-refractivity contribution >= 4 is 5.97 Å². The van der Waals surface area contributed by atoms with Gasteiger partial charge < -0.3 is 9.84 Å². The van der Waals surface area contributed by atoms with E-state index in [1.54, 1.807) is 0 Å². The molecule has 1 atom stereocenters. The summed E-state index contributed by atoms with van der Waals surface area (Å²) in [4.78, 5) is 10.6. The van der Waals surface area contributed by atoms with Gasteiger partial charge in [-0.3, -0.25) is 4.79 Å². The molecule has 0 amide bonds. The van der Waals surface area contributed by atoms with Crippen LogP contribution in [0.25, 0.3) is 0 Å². The lowest BCUT2D eigenvalue weighted by atomic mass is 10.00. The molecule has 74 valence electrons. The van der Waals surface area contributed by atoms with Gasteiger partial charge >= 0.3 is 5.97 Å². The second-order valence-corrected chi connectivity index (χ2v) is 3.62. The Bertz CT molecular complexity index is 371. The zero-order valence-corrected chi connectivity index (χ0v) is 7.99. The molecule has 2 rings (SSSR count). The van der Waals surface area contributed by atoms with Gasteiger partial charge in [0.2, 0.25) is 0 Å². The highest BCUT2D eigenvalue weighted by atomic mass is 16.5. The van der Waals surface area contributed by atoms with Crippen molar-refractivity contribution in [3.63, 3.8) is 0 Å². The fraction of sp³-hybridized carbons (Fsp3) is 0.364. The molecular weight excluding hydrogens is 180 g/mol. The predicted octanol–water partition coefficient (Wildman–Crippen LogP) is 1.81. The van der Waals surface area contributed by atoms with Gasteiger partial charge in [0.15, 0.2) is 0 Å². The number of benzene rings is 1. The molecule has 0 bridgehead atoms. The van der Waals surface area contributed by atoms with E-state index in [0.717, 1.165) is 16.9 Å². The Balaban J connectivity index is 2.39. The largest absolute Gasteiger partial charge is 0.492 e. The molecule has 3 nitrogen and oxygen atoms in total. The van der Waals surface area contributed by atoms with Crippen LogP contribution < -0.4 is 4.74 Å². The number of carboxylic acid groups (broad SMARTS) is 1. The van der Waals surface area contributed by atoms with Crippen molar-refractivity contribution in [1.82, 2.24) is 0 Å². The zero-order valence-electron chi connectivity index (χ0n) is 7.99. The average molecular weight is 192 g/mol. The molecule has 14 heavy (non-hydrogen) atoms. The highest BCUT2D eigenvalue weighted by molar-refractivity contribution is 5.72.